The van der Waals surface area contributed by atoms with E-state index in [2.05, 4.69) is 32.6 Å². The van der Waals surface area contributed by atoms with E-state index in [0.717, 1.165) is 32.4 Å². The van der Waals surface area contributed by atoms with Crippen molar-refractivity contribution in [2.45, 2.75) is 0 Å². The predicted molar refractivity (Wildman–Crippen MR) is 55.3 cm³/mol. The van der Waals surface area contributed by atoms with Gasteiger partial charge in [0.15, 0.2) is 0 Å². The molecular formula is C8H14N6O. The fourth-order valence-electron chi connectivity index (χ4n) is 1.43. The van der Waals surface area contributed by atoms with Crippen molar-refractivity contribution in [2.75, 3.05) is 38.7 Å². The second-order valence-electron chi connectivity index (χ2n) is 3.58. The Morgan fingerprint density at radius 2 is 2.13 bits per heavy atom. The van der Waals surface area contributed by atoms with E-state index in [-0.39, 0.29) is 5.56 Å². The van der Waals surface area contributed by atoms with Gasteiger partial charge in [0.25, 0.3) is 5.56 Å². The Kier molecular flexibility index (Phi) is 2.93. The number of aromatic nitrogens is 3. The highest BCUT2D eigenvalue weighted by Gasteiger charge is 2.13. The number of anilines is 1. The molecule has 7 nitrogen and oxygen atoms in total. The highest BCUT2D eigenvalue weighted by Crippen LogP contribution is 2.00. The summed E-state index contributed by atoms with van der Waals surface area (Å²) in [5.41, 5.74) is 2.77. The number of hydrogen-bond donors (Lipinski definition) is 2. The molecule has 0 aliphatic carbocycles. The van der Waals surface area contributed by atoms with Crippen molar-refractivity contribution < 1.29 is 0 Å². The standard InChI is InChI=1S/C8H14N6O/c1-13-2-4-14(5-3-13)12-8-10-7(15)6-9-11-8/h6H,2-5H2,1H3,(H2,10,11,12,15). The molecule has 2 rings (SSSR count). The number of likely N-dealkylation sites (N-methyl/N-ethyl adjacent to an activating group) is 1. The maximum atomic E-state index is 11.0. The maximum Gasteiger partial charge on any atom is 0.271 e. The molecule has 0 unspecified atom stereocenters. The van der Waals surface area contributed by atoms with Gasteiger partial charge < -0.3 is 4.90 Å². The first-order valence-corrected chi connectivity index (χ1v) is 4.86. The van der Waals surface area contributed by atoms with Crippen LogP contribution in [0.5, 0.6) is 0 Å². The molecule has 0 spiro atoms. The molecule has 1 saturated heterocycles. The highest BCUT2D eigenvalue weighted by atomic mass is 16.1. The molecule has 0 radical (unpaired) electrons. The zero-order valence-electron chi connectivity index (χ0n) is 8.60. The third-order valence-corrected chi connectivity index (χ3v) is 2.34. The molecule has 1 aromatic rings. The second-order valence-corrected chi connectivity index (χ2v) is 3.58. The van der Waals surface area contributed by atoms with E-state index >= 15 is 0 Å². The lowest BCUT2D eigenvalue weighted by Crippen LogP contribution is -2.47. The minimum absolute atomic E-state index is 0.248. The lowest BCUT2D eigenvalue weighted by Gasteiger charge is -2.32. The summed E-state index contributed by atoms with van der Waals surface area (Å²) in [6.07, 6.45) is 1.15. The number of hydrazine groups is 1. The number of nitrogens with zero attached hydrogens (tertiary/aromatic N) is 4. The SMILES string of the molecule is CN1CCN(Nc2nncc(=O)[nH]2)CC1. The third-order valence-electron chi connectivity index (χ3n) is 2.34. The highest BCUT2D eigenvalue weighted by molar-refractivity contribution is 5.18. The monoisotopic (exact) mass is 210 g/mol. The second kappa shape index (κ2) is 4.37. The van der Waals surface area contributed by atoms with Crippen LogP contribution in [0.25, 0.3) is 0 Å². The van der Waals surface area contributed by atoms with Crippen LogP contribution in [-0.2, 0) is 0 Å². The van der Waals surface area contributed by atoms with Crippen molar-refractivity contribution in [2.24, 2.45) is 0 Å². The van der Waals surface area contributed by atoms with Crippen LogP contribution < -0.4 is 11.0 Å². The molecule has 15 heavy (non-hydrogen) atoms. The Labute approximate surface area is 87.1 Å². The average molecular weight is 210 g/mol. The van der Waals surface area contributed by atoms with Crippen LogP contribution in [0.3, 0.4) is 0 Å². The molecule has 82 valence electrons. The van der Waals surface area contributed by atoms with Crippen LogP contribution in [0, 0.1) is 0 Å². The number of hydrogen-bond acceptors (Lipinski definition) is 6. The van der Waals surface area contributed by atoms with Crippen molar-refractivity contribution in [3.8, 4) is 0 Å². The smallest absolute Gasteiger partial charge is 0.271 e. The first-order valence-electron chi connectivity index (χ1n) is 4.86. The van der Waals surface area contributed by atoms with E-state index in [9.17, 15) is 4.79 Å². The Morgan fingerprint density at radius 3 is 2.80 bits per heavy atom. The molecule has 2 heterocycles. The number of piperazine rings is 1. The van der Waals surface area contributed by atoms with Gasteiger partial charge in [0.1, 0.15) is 6.20 Å². The molecule has 1 aliphatic heterocycles. The van der Waals surface area contributed by atoms with Crippen molar-refractivity contribution in [3.05, 3.63) is 16.6 Å². The average Bonchev–Trinajstić information content (AvgIpc) is 2.22. The van der Waals surface area contributed by atoms with Gasteiger partial charge in [-0.2, -0.15) is 0 Å². The molecule has 0 saturated carbocycles. The van der Waals surface area contributed by atoms with Gasteiger partial charge in [-0.25, -0.2) is 5.01 Å². The van der Waals surface area contributed by atoms with Crippen LogP contribution >= 0.6 is 0 Å². The largest absolute Gasteiger partial charge is 0.304 e. The van der Waals surface area contributed by atoms with Gasteiger partial charge in [0.2, 0.25) is 5.95 Å². The number of aromatic amines is 1. The summed E-state index contributed by atoms with van der Waals surface area (Å²) in [5.74, 6) is 0.395. The number of H-pyrrole nitrogens is 1. The van der Waals surface area contributed by atoms with Crippen LogP contribution in [0.15, 0.2) is 11.0 Å². The topological polar surface area (TPSA) is 77.2 Å². The van der Waals surface area contributed by atoms with Crippen LogP contribution in [0.1, 0.15) is 0 Å². The summed E-state index contributed by atoms with van der Waals surface area (Å²) in [7, 11) is 2.08. The van der Waals surface area contributed by atoms with Crippen molar-refractivity contribution in [3.63, 3.8) is 0 Å². The van der Waals surface area contributed by atoms with Crippen molar-refractivity contribution in [1.29, 1.82) is 0 Å². The molecular weight excluding hydrogens is 196 g/mol. The molecule has 0 bridgehead atoms. The van der Waals surface area contributed by atoms with E-state index in [4.69, 9.17) is 0 Å². The minimum atomic E-state index is -0.248. The van der Waals surface area contributed by atoms with E-state index in [1.807, 2.05) is 5.01 Å². The third kappa shape index (κ3) is 2.74. The Morgan fingerprint density at radius 1 is 1.40 bits per heavy atom. The fraction of sp³-hybridized carbons (Fsp3) is 0.625. The summed E-state index contributed by atoms with van der Waals surface area (Å²) < 4.78 is 0. The van der Waals surface area contributed by atoms with Crippen molar-refractivity contribution >= 4 is 5.95 Å². The summed E-state index contributed by atoms with van der Waals surface area (Å²) in [6.45, 7) is 3.79. The van der Waals surface area contributed by atoms with Gasteiger partial charge in [-0.15, -0.1) is 10.2 Å². The Hall–Kier alpha value is -1.47. The Balaban J connectivity index is 1.94. The van der Waals surface area contributed by atoms with Crippen LogP contribution in [-0.4, -0.2) is 58.3 Å². The predicted octanol–water partition coefficient (Wildman–Crippen LogP) is -1.26. The summed E-state index contributed by atoms with van der Waals surface area (Å²) >= 11 is 0. The van der Waals surface area contributed by atoms with E-state index in [0.29, 0.717) is 5.95 Å². The maximum absolute atomic E-state index is 11.0. The first-order chi connectivity index (χ1) is 7.24. The summed E-state index contributed by atoms with van der Waals surface area (Å²) in [5, 5.41) is 9.37. The van der Waals surface area contributed by atoms with Crippen molar-refractivity contribution in [1.82, 2.24) is 25.1 Å². The molecule has 0 aromatic carbocycles. The minimum Gasteiger partial charge on any atom is -0.304 e. The molecule has 1 fully saturated rings. The number of rotatable bonds is 2. The lowest BCUT2D eigenvalue weighted by atomic mass is 10.4. The molecule has 1 aliphatic rings. The summed E-state index contributed by atoms with van der Waals surface area (Å²) in [4.78, 5) is 15.8. The fourth-order valence-corrected chi connectivity index (χ4v) is 1.43. The zero-order valence-corrected chi connectivity index (χ0v) is 8.60. The van der Waals surface area contributed by atoms with Crippen LogP contribution in [0.4, 0.5) is 5.95 Å². The van der Waals surface area contributed by atoms with E-state index in [1.54, 1.807) is 0 Å². The van der Waals surface area contributed by atoms with Gasteiger partial charge in [-0.3, -0.25) is 15.2 Å². The summed E-state index contributed by atoms with van der Waals surface area (Å²) in [6, 6.07) is 0. The molecule has 2 N–H and O–H groups in total. The van der Waals surface area contributed by atoms with Gasteiger partial charge >= 0.3 is 0 Å². The van der Waals surface area contributed by atoms with Crippen LogP contribution in [0.2, 0.25) is 0 Å². The lowest BCUT2D eigenvalue weighted by molar-refractivity contribution is 0.178. The van der Waals surface area contributed by atoms with Gasteiger partial charge in [-0.1, -0.05) is 0 Å². The Bertz CT molecular complexity index is 369. The molecule has 0 atom stereocenters. The van der Waals surface area contributed by atoms with E-state index in [1.165, 1.54) is 0 Å². The number of nitrogens with one attached hydrogen (secondary N) is 2. The van der Waals surface area contributed by atoms with Gasteiger partial charge in [0.05, 0.1) is 0 Å². The van der Waals surface area contributed by atoms with Gasteiger partial charge in [0, 0.05) is 26.2 Å². The molecule has 1 aromatic heterocycles. The normalized spacial score (nSPS) is 19.0. The zero-order chi connectivity index (χ0) is 10.7. The van der Waals surface area contributed by atoms with Gasteiger partial charge in [-0.05, 0) is 7.05 Å². The van der Waals surface area contributed by atoms with E-state index < -0.39 is 0 Å². The first kappa shape index (κ1) is 10.1. The quantitative estimate of drug-likeness (QED) is 0.634. The molecule has 7 heteroatoms. The molecule has 0 amide bonds.